The molecule has 1 fully saturated rings. The Labute approximate surface area is 307 Å². The third-order valence-corrected chi connectivity index (χ3v) is 10.0. The molecule has 0 unspecified atom stereocenters. The number of carbonyl (C=O) groups is 2. The predicted octanol–water partition coefficient (Wildman–Crippen LogP) is 7.30. The summed E-state index contributed by atoms with van der Waals surface area (Å²) in [6, 6.07) is 7.25. The number of aliphatic imine (C=N–C) groups is 1. The van der Waals surface area contributed by atoms with Gasteiger partial charge >= 0.3 is 5.97 Å². The normalized spacial score (nSPS) is 19.1. The summed E-state index contributed by atoms with van der Waals surface area (Å²) < 4.78 is 80.7. The average Bonchev–Trinajstić information content (AvgIpc) is 3.37. The van der Waals surface area contributed by atoms with Crippen LogP contribution in [-0.2, 0) is 26.9 Å². The number of ether oxygens (including phenoxy) is 1. The van der Waals surface area contributed by atoms with Crippen LogP contribution in [-0.4, -0.2) is 59.8 Å². The lowest BCUT2D eigenvalue weighted by molar-refractivity contribution is -0.153. The number of aryl methyl sites for hydroxylation is 1. The number of hydrogen-bond acceptors (Lipinski definition) is 8. The zero-order valence-electron chi connectivity index (χ0n) is 29.6. The van der Waals surface area contributed by atoms with Crippen molar-refractivity contribution in [3.05, 3.63) is 82.9 Å². The number of carbonyl (C=O) groups excluding carboxylic acids is 2. The first kappa shape index (κ1) is 37.9. The maximum absolute atomic E-state index is 16.3. The van der Waals surface area contributed by atoms with Crippen LogP contribution in [0.5, 0.6) is 0 Å². The lowest BCUT2D eigenvalue weighted by atomic mass is 9.75. The zero-order chi connectivity index (χ0) is 38.7. The van der Waals surface area contributed by atoms with Crippen molar-refractivity contribution < 1.29 is 36.3 Å². The highest BCUT2D eigenvalue weighted by atomic mass is 35.5. The van der Waals surface area contributed by atoms with Gasteiger partial charge in [0.15, 0.2) is 17.3 Å². The largest absolute Gasteiger partial charge is 0.463 e. The number of amides is 1. The molecule has 0 spiro atoms. The fourth-order valence-electron chi connectivity index (χ4n) is 6.88. The molecule has 1 aliphatic heterocycles. The molecule has 0 radical (unpaired) electrons. The van der Waals surface area contributed by atoms with Crippen LogP contribution in [0.25, 0.3) is 16.8 Å². The molecule has 0 saturated heterocycles. The Morgan fingerprint density at radius 3 is 2.38 bits per heavy atom. The highest BCUT2D eigenvalue weighted by molar-refractivity contribution is 6.32. The molecule has 4 aromatic rings. The summed E-state index contributed by atoms with van der Waals surface area (Å²) in [4.78, 5) is 37.4. The van der Waals surface area contributed by atoms with E-state index < -0.39 is 71.3 Å². The van der Waals surface area contributed by atoms with Crippen LogP contribution in [0.4, 0.5) is 22.0 Å². The lowest BCUT2D eigenvalue weighted by Crippen LogP contribution is -2.47. The first-order valence-corrected chi connectivity index (χ1v) is 17.1. The Hall–Kier alpha value is -4.86. The van der Waals surface area contributed by atoms with Crippen molar-refractivity contribution in [2.24, 2.45) is 28.6 Å². The zero-order valence-corrected chi connectivity index (χ0v) is 30.3. The number of nitrogens with zero attached hydrogens (tertiary/aromatic N) is 7. The molecule has 17 heteroatoms. The maximum atomic E-state index is 16.3. The Balaban J connectivity index is 1.43. The molecule has 0 bridgehead atoms. The molecule has 2 aromatic carbocycles. The predicted molar refractivity (Wildman–Crippen MR) is 185 cm³/mol. The van der Waals surface area contributed by atoms with E-state index in [0.29, 0.717) is 11.1 Å². The standard InChI is InChI=1S/C36H38ClF5N8O3/c1-33(2,3)18-36(23-8-6-20(12-25(23)38)22-15-45-48(5)16-22)31(52)49(32(43)47-36)27(17-53-28(51)14-35(10-11-35)34(4,41)42)21-7-9-24(37)26(13-21)50-30(29(39)40)44-19-46-50/h6-9,12-13,15-16,19,27,29H,10-11,14,17-18H2,1-5H3,(H2,43,47)/t27-,36-/m1/s1. The summed E-state index contributed by atoms with van der Waals surface area (Å²) in [5.74, 6) is -6.64. The second kappa shape index (κ2) is 13.5. The van der Waals surface area contributed by atoms with Crippen molar-refractivity contribution in [2.45, 2.75) is 77.3 Å². The lowest BCUT2D eigenvalue weighted by Gasteiger charge is -2.35. The Bertz CT molecular complexity index is 2080. The van der Waals surface area contributed by atoms with Gasteiger partial charge in [0, 0.05) is 29.8 Å². The molecule has 53 heavy (non-hydrogen) atoms. The minimum atomic E-state index is -3.14. The van der Waals surface area contributed by atoms with Gasteiger partial charge in [-0.25, -0.2) is 36.6 Å². The van der Waals surface area contributed by atoms with Gasteiger partial charge in [-0.2, -0.15) is 10.2 Å². The number of halogens is 6. The fraction of sp³-hybridized carbons (Fsp3) is 0.444. The van der Waals surface area contributed by atoms with Crippen LogP contribution in [0.15, 0.2) is 60.1 Å². The fourth-order valence-corrected chi connectivity index (χ4v) is 7.08. The Morgan fingerprint density at radius 2 is 1.79 bits per heavy atom. The smallest absolute Gasteiger partial charge is 0.306 e. The first-order chi connectivity index (χ1) is 24.7. The third-order valence-electron chi connectivity index (χ3n) is 9.70. The van der Waals surface area contributed by atoms with Gasteiger partial charge in [-0.15, -0.1) is 0 Å². The van der Waals surface area contributed by atoms with Crippen molar-refractivity contribution in [3.63, 3.8) is 0 Å². The van der Waals surface area contributed by atoms with Gasteiger partial charge in [0.25, 0.3) is 18.3 Å². The number of aromatic nitrogens is 5. The molecule has 1 saturated carbocycles. The summed E-state index contributed by atoms with van der Waals surface area (Å²) in [5.41, 5.74) is 3.70. The molecular formula is C36H38ClF5N8O3. The molecule has 2 aromatic heterocycles. The van der Waals surface area contributed by atoms with Crippen LogP contribution in [0.2, 0.25) is 5.02 Å². The summed E-state index contributed by atoms with van der Waals surface area (Å²) in [5, 5.41) is 8.02. The minimum Gasteiger partial charge on any atom is -0.463 e. The summed E-state index contributed by atoms with van der Waals surface area (Å²) >= 11 is 6.44. The molecule has 1 aliphatic carbocycles. The highest BCUT2D eigenvalue weighted by Crippen LogP contribution is 2.59. The van der Waals surface area contributed by atoms with E-state index in [1.807, 2.05) is 20.8 Å². The van der Waals surface area contributed by atoms with Gasteiger partial charge in [-0.05, 0) is 60.9 Å². The van der Waals surface area contributed by atoms with Crippen LogP contribution in [0.3, 0.4) is 0 Å². The molecule has 2 atom stereocenters. The van der Waals surface area contributed by atoms with E-state index >= 15 is 4.39 Å². The number of alkyl halides is 4. The van der Waals surface area contributed by atoms with Crippen molar-refractivity contribution >= 4 is 29.4 Å². The van der Waals surface area contributed by atoms with Gasteiger partial charge in [0.2, 0.25) is 0 Å². The monoisotopic (exact) mass is 760 g/mol. The number of esters is 1. The summed E-state index contributed by atoms with van der Waals surface area (Å²) in [6.45, 7) is 5.68. The topological polar surface area (TPSA) is 134 Å². The van der Waals surface area contributed by atoms with Crippen molar-refractivity contribution in [3.8, 4) is 16.8 Å². The second-order valence-electron chi connectivity index (χ2n) is 14.9. The van der Waals surface area contributed by atoms with Crippen LogP contribution < -0.4 is 5.73 Å². The van der Waals surface area contributed by atoms with Crippen molar-refractivity contribution in [2.75, 3.05) is 6.61 Å². The van der Waals surface area contributed by atoms with E-state index in [-0.39, 0.29) is 47.1 Å². The maximum Gasteiger partial charge on any atom is 0.306 e. The average molecular weight is 761 g/mol. The molecule has 2 N–H and O–H groups in total. The van der Waals surface area contributed by atoms with Crippen molar-refractivity contribution in [1.82, 2.24) is 29.4 Å². The highest BCUT2D eigenvalue weighted by Gasteiger charge is 2.60. The summed E-state index contributed by atoms with van der Waals surface area (Å²) in [6.07, 6.45) is 0.843. The molecule has 282 valence electrons. The van der Waals surface area contributed by atoms with Gasteiger partial charge in [0.1, 0.15) is 18.8 Å². The van der Waals surface area contributed by atoms with Gasteiger partial charge in [-0.3, -0.25) is 19.2 Å². The molecule has 6 rings (SSSR count). The Morgan fingerprint density at radius 1 is 1.08 bits per heavy atom. The van der Waals surface area contributed by atoms with Crippen LogP contribution >= 0.6 is 11.6 Å². The molecular weight excluding hydrogens is 723 g/mol. The minimum absolute atomic E-state index is 0.00927. The summed E-state index contributed by atoms with van der Waals surface area (Å²) in [7, 11) is 1.72. The van der Waals surface area contributed by atoms with E-state index in [9.17, 15) is 27.2 Å². The van der Waals surface area contributed by atoms with E-state index in [2.05, 4.69) is 20.2 Å². The van der Waals surface area contributed by atoms with Crippen molar-refractivity contribution in [1.29, 1.82) is 0 Å². The number of hydrogen-bond donors (Lipinski definition) is 1. The van der Waals surface area contributed by atoms with Crippen LogP contribution in [0, 0.1) is 16.6 Å². The number of benzene rings is 2. The number of nitrogens with two attached hydrogens (primary N) is 1. The quantitative estimate of drug-likeness (QED) is 0.118. The SMILES string of the molecule is Cn1cc(-c2ccc([C@@]3(CC(C)(C)C)N=C(N)N([C@H](COC(=O)CC4(C(C)(F)F)CC4)c4ccc(Cl)c(-n5ncnc5C(F)F)c4)C3=O)c(F)c2)cn1. The number of guanidine groups is 1. The molecule has 3 heterocycles. The van der Waals surface area contributed by atoms with E-state index in [1.165, 1.54) is 30.3 Å². The van der Waals surface area contributed by atoms with Gasteiger partial charge in [-0.1, -0.05) is 50.6 Å². The Kier molecular flexibility index (Phi) is 9.67. The molecule has 1 amide bonds. The molecule has 11 nitrogen and oxygen atoms in total. The molecule has 2 aliphatic rings. The third kappa shape index (κ3) is 7.25. The van der Waals surface area contributed by atoms with Gasteiger partial charge < -0.3 is 10.5 Å². The second-order valence-corrected chi connectivity index (χ2v) is 15.3. The van der Waals surface area contributed by atoms with E-state index in [0.717, 1.165) is 22.8 Å². The van der Waals surface area contributed by atoms with E-state index in [4.69, 9.17) is 22.1 Å². The first-order valence-electron chi connectivity index (χ1n) is 16.7. The van der Waals surface area contributed by atoms with E-state index in [1.54, 1.807) is 30.2 Å². The number of rotatable bonds is 12. The van der Waals surface area contributed by atoms with Gasteiger partial charge in [0.05, 0.1) is 29.4 Å². The van der Waals surface area contributed by atoms with Crippen LogP contribution in [0.1, 0.15) is 82.8 Å².